The minimum atomic E-state index is -0.354. The SMILES string of the molecule is OC1CC2c3ccccc3C1C2O. The van der Waals surface area contributed by atoms with E-state index in [1.54, 1.807) is 0 Å². The van der Waals surface area contributed by atoms with Crippen molar-refractivity contribution < 1.29 is 10.2 Å². The molecule has 0 aromatic heterocycles. The first-order valence-corrected chi connectivity index (χ1v) is 4.74. The van der Waals surface area contributed by atoms with Gasteiger partial charge in [0.2, 0.25) is 0 Å². The molecule has 2 N–H and O–H groups in total. The van der Waals surface area contributed by atoms with Gasteiger partial charge in [0.15, 0.2) is 0 Å². The van der Waals surface area contributed by atoms with Crippen molar-refractivity contribution in [2.75, 3.05) is 0 Å². The smallest absolute Gasteiger partial charge is 0.0703 e. The molecule has 2 heteroatoms. The molecule has 1 aromatic rings. The summed E-state index contributed by atoms with van der Waals surface area (Å²) in [4.78, 5) is 0. The second-order valence-corrected chi connectivity index (χ2v) is 4.05. The Morgan fingerprint density at radius 2 is 1.77 bits per heavy atom. The average Bonchev–Trinajstić information content (AvgIpc) is 2.56. The minimum absolute atomic E-state index is 0.0267. The van der Waals surface area contributed by atoms with Gasteiger partial charge in [-0.15, -0.1) is 0 Å². The van der Waals surface area contributed by atoms with Crippen LogP contribution in [0.2, 0.25) is 0 Å². The van der Waals surface area contributed by atoms with Crippen LogP contribution in [0.3, 0.4) is 0 Å². The molecule has 2 bridgehead atoms. The molecule has 1 fully saturated rings. The summed E-state index contributed by atoms with van der Waals surface area (Å²) in [5.74, 6) is 0.150. The molecule has 13 heavy (non-hydrogen) atoms. The van der Waals surface area contributed by atoms with E-state index in [4.69, 9.17) is 0 Å². The number of hydrogen-bond acceptors (Lipinski definition) is 2. The molecule has 2 aliphatic carbocycles. The third-order valence-electron chi connectivity index (χ3n) is 3.44. The summed E-state index contributed by atoms with van der Waals surface area (Å²) >= 11 is 0. The van der Waals surface area contributed by atoms with Gasteiger partial charge in [-0.2, -0.15) is 0 Å². The standard InChI is InChI=1S/C11H12O2/c12-9-5-8-6-3-1-2-4-7(6)10(9)11(8)13/h1-4,8-13H,5H2. The molecule has 0 spiro atoms. The van der Waals surface area contributed by atoms with Gasteiger partial charge in [0, 0.05) is 11.8 Å². The lowest BCUT2D eigenvalue weighted by Gasteiger charge is -2.18. The summed E-state index contributed by atoms with van der Waals surface area (Å²) in [6.07, 6.45) is 0.0327. The maximum atomic E-state index is 9.86. The Morgan fingerprint density at radius 3 is 2.54 bits per heavy atom. The van der Waals surface area contributed by atoms with E-state index in [-0.39, 0.29) is 24.0 Å². The second kappa shape index (κ2) is 2.34. The molecule has 0 aliphatic heterocycles. The first-order valence-electron chi connectivity index (χ1n) is 4.74. The van der Waals surface area contributed by atoms with Gasteiger partial charge < -0.3 is 10.2 Å². The molecule has 2 aliphatic rings. The average molecular weight is 176 g/mol. The molecule has 2 nitrogen and oxygen atoms in total. The molecule has 1 saturated carbocycles. The van der Waals surface area contributed by atoms with Gasteiger partial charge in [0.25, 0.3) is 0 Å². The number of aliphatic hydroxyl groups is 2. The fraction of sp³-hybridized carbons (Fsp3) is 0.455. The lowest BCUT2D eigenvalue weighted by molar-refractivity contribution is 0.111. The first kappa shape index (κ1) is 7.54. The van der Waals surface area contributed by atoms with E-state index in [2.05, 4.69) is 6.07 Å². The van der Waals surface area contributed by atoms with Crippen LogP contribution in [0.4, 0.5) is 0 Å². The van der Waals surface area contributed by atoms with Crippen molar-refractivity contribution in [1.29, 1.82) is 0 Å². The number of hydrogen-bond donors (Lipinski definition) is 2. The molecular formula is C11H12O2. The highest BCUT2D eigenvalue weighted by Crippen LogP contribution is 2.52. The summed E-state index contributed by atoms with van der Waals surface area (Å²) < 4.78 is 0. The fourth-order valence-electron chi connectivity index (χ4n) is 2.88. The Hall–Kier alpha value is -0.860. The van der Waals surface area contributed by atoms with E-state index in [1.807, 2.05) is 18.2 Å². The van der Waals surface area contributed by atoms with Crippen LogP contribution in [0.5, 0.6) is 0 Å². The highest BCUT2D eigenvalue weighted by atomic mass is 16.3. The Bertz CT molecular complexity index is 348. The third kappa shape index (κ3) is 0.798. The van der Waals surface area contributed by atoms with Crippen LogP contribution >= 0.6 is 0 Å². The minimum Gasteiger partial charge on any atom is -0.392 e. The highest BCUT2D eigenvalue weighted by molar-refractivity contribution is 5.44. The number of aliphatic hydroxyl groups excluding tert-OH is 2. The van der Waals surface area contributed by atoms with Gasteiger partial charge in [-0.25, -0.2) is 0 Å². The quantitative estimate of drug-likeness (QED) is 0.619. The van der Waals surface area contributed by atoms with E-state index < -0.39 is 0 Å². The van der Waals surface area contributed by atoms with E-state index >= 15 is 0 Å². The van der Waals surface area contributed by atoms with Crippen LogP contribution < -0.4 is 0 Å². The van der Waals surface area contributed by atoms with Gasteiger partial charge in [-0.3, -0.25) is 0 Å². The van der Waals surface area contributed by atoms with Gasteiger partial charge in [0.05, 0.1) is 12.2 Å². The molecule has 0 saturated heterocycles. The molecule has 0 heterocycles. The Kier molecular flexibility index (Phi) is 1.35. The van der Waals surface area contributed by atoms with Crippen molar-refractivity contribution in [3.05, 3.63) is 35.4 Å². The summed E-state index contributed by atoms with van der Waals surface area (Å²) in [5.41, 5.74) is 2.39. The fourth-order valence-corrected chi connectivity index (χ4v) is 2.88. The van der Waals surface area contributed by atoms with Gasteiger partial charge >= 0.3 is 0 Å². The highest BCUT2D eigenvalue weighted by Gasteiger charge is 2.50. The molecule has 4 atom stereocenters. The van der Waals surface area contributed by atoms with Gasteiger partial charge in [0.1, 0.15) is 0 Å². The number of rotatable bonds is 0. The van der Waals surface area contributed by atoms with Crippen molar-refractivity contribution in [2.24, 2.45) is 0 Å². The Balaban J connectivity index is 2.18. The Labute approximate surface area is 76.8 Å². The molecule has 0 amide bonds. The monoisotopic (exact) mass is 176 g/mol. The van der Waals surface area contributed by atoms with Crippen molar-refractivity contribution in [1.82, 2.24) is 0 Å². The predicted octanol–water partition coefficient (Wildman–Crippen LogP) is 0.993. The lowest BCUT2D eigenvalue weighted by Crippen LogP contribution is -2.18. The number of fused-ring (bicyclic) bond motifs is 5. The molecule has 68 valence electrons. The first-order chi connectivity index (χ1) is 6.29. The van der Waals surface area contributed by atoms with Crippen LogP contribution in [0.15, 0.2) is 24.3 Å². The van der Waals surface area contributed by atoms with Crippen LogP contribution in [0, 0.1) is 0 Å². The zero-order chi connectivity index (χ0) is 9.00. The largest absolute Gasteiger partial charge is 0.392 e. The molecule has 1 aromatic carbocycles. The van der Waals surface area contributed by atoms with Crippen molar-refractivity contribution in [3.8, 4) is 0 Å². The topological polar surface area (TPSA) is 40.5 Å². The summed E-state index contributed by atoms with van der Waals surface area (Å²) in [6, 6.07) is 8.05. The zero-order valence-electron chi connectivity index (χ0n) is 7.22. The van der Waals surface area contributed by atoms with Crippen molar-refractivity contribution >= 4 is 0 Å². The predicted molar refractivity (Wildman–Crippen MR) is 48.6 cm³/mol. The Morgan fingerprint density at radius 1 is 1.08 bits per heavy atom. The summed E-state index contributed by atoms with van der Waals surface area (Å²) in [5, 5.41) is 19.5. The molecule has 3 rings (SSSR count). The summed E-state index contributed by atoms with van der Waals surface area (Å²) in [6.45, 7) is 0. The molecule has 0 radical (unpaired) electrons. The van der Waals surface area contributed by atoms with E-state index in [0.717, 1.165) is 12.0 Å². The number of benzene rings is 1. The van der Waals surface area contributed by atoms with Crippen molar-refractivity contribution in [2.45, 2.75) is 30.5 Å². The maximum absolute atomic E-state index is 9.86. The van der Waals surface area contributed by atoms with E-state index in [1.165, 1.54) is 5.56 Å². The van der Waals surface area contributed by atoms with Crippen molar-refractivity contribution in [3.63, 3.8) is 0 Å². The van der Waals surface area contributed by atoms with Gasteiger partial charge in [-0.05, 0) is 17.5 Å². The molecular weight excluding hydrogens is 164 g/mol. The zero-order valence-corrected chi connectivity index (χ0v) is 7.22. The lowest BCUT2D eigenvalue weighted by atomic mass is 9.90. The van der Waals surface area contributed by atoms with Crippen LogP contribution in [0.25, 0.3) is 0 Å². The van der Waals surface area contributed by atoms with Crippen LogP contribution in [-0.4, -0.2) is 22.4 Å². The van der Waals surface area contributed by atoms with E-state index in [0.29, 0.717) is 0 Å². The molecule has 4 unspecified atom stereocenters. The second-order valence-electron chi connectivity index (χ2n) is 4.05. The normalized spacial score (nSPS) is 40.8. The van der Waals surface area contributed by atoms with Crippen LogP contribution in [-0.2, 0) is 0 Å². The van der Waals surface area contributed by atoms with Crippen LogP contribution in [0.1, 0.15) is 29.4 Å². The van der Waals surface area contributed by atoms with E-state index in [9.17, 15) is 10.2 Å². The van der Waals surface area contributed by atoms with Gasteiger partial charge in [-0.1, -0.05) is 24.3 Å². The maximum Gasteiger partial charge on any atom is 0.0703 e. The summed E-state index contributed by atoms with van der Waals surface area (Å²) in [7, 11) is 0. The third-order valence-corrected chi connectivity index (χ3v) is 3.44.